The Labute approximate surface area is 102 Å². The van der Waals surface area contributed by atoms with Crippen molar-refractivity contribution in [2.45, 2.75) is 13.0 Å². The zero-order valence-electron chi connectivity index (χ0n) is 9.97. The molecule has 88 valence electrons. The Morgan fingerprint density at radius 3 is 2.35 bits per heavy atom. The maximum absolute atomic E-state index is 5.73. The van der Waals surface area contributed by atoms with Gasteiger partial charge >= 0.3 is 0 Å². The molecule has 2 N–H and O–H groups in total. The third-order valence-corrected chi connectivity index (χ3v) is 2.47. The normalized spacial score (nSPS) is 12.1. The molecule has 2 rings (SSSR count). The van der Waals surface area contributed by atoms with Gasteiger partial charge in [0.1, 0.15) is 12.4 Å². The Balaban J connectivity index is 2.28. The summed E-state index contributed by atoms with van der Waals surface area (Å²) in [6.07, 6.45) is 0. The fourth-order valence-corrected chi connectivity index (χ4v) is 1.67. The van der Waals surface area contributed by atoms with Crippen LogP contribution in [0.15, 0.2) is 54.6 Å². The second kappa shape index (κ2) is 5.51. The van der Waals surface area contributed by atoms with E-state index in [0.29, 0.717) is 6.61 Å². The first-order valence-electron chi connectivity index (χ1n) is 5.80. The number of ether oxygens (including phenoxy) is 1. The van der Waals surface area contributed by atoms with Crippen molar-refractivity contribution >= 4 is 0 Å². The SMILES string of the molecule is CC(N)COc1ccccc1-c1ccccc1. The molecule has 0 aromatic heterocycles. The van der Waals surface area contributed by atoms with Gasteiger partial charge in [0, 0.05) is 11.6 Å². The molecular weight excluding hydrogens is 210 g/mol. The highest BCUT2D eigenvalue weighted by Gasteiger charge is 2.05. The zero-order chi connectivity index (χ0) is 12.1. The van der Waals surface area contributed by atoms with E-state index >= 15 is 0 Å². The third-order valence-electron chi connectivity index (χ3n) is 2.47. The molecule has 0 radical (unpaired) electrons. The fraction of sp³-hybridized carbons (Fsp3) is 0.200. The summed E-state index contributed by atoms with van der Waals surface area (Å²) >= 11 is 0. The van der Waals surface area contributed by atoms with Crippen LogP contribution in [0, 0.1) is 0 Å². The van der Waals surface area contributed by atoms with Crippen molar-refractivity contribution in [1.82, 2.24) is 0 Å². The maximum Gasteiger partial charge on any atom is 0.127 e. The highest BCUT2D eigenvalue weighted by atomic mass is 16.5. The second-order valence-corrected chi connectivity index (χ2v) is 4.15. The highest BCUT2D eigenvalue weighted by Crippen LogP contribution is 2.29. The standard InChI is InChI=1S/C15H17NO/c1-12(16)11-17-15-10-6-5-9-14(15)13-7-3-2-4-8-13/h2-10,12H,11,16H2,1H3. The molecule has 1 atom stereocenters. The molecule has 0 bridgehead atoms. The predicted octanol–water partition coefficient (Wildman–Crippen LogP) is 3.08. The van der Waals surface area contributed by atoms with E-state index in [0.717, 1.165) is 16.9 Å². The number of nitrogens with two attached hydrogens (primary N) is 1. The van der Waals surface area contributed by atoms with Gasteiger partial charge in [0.2, 0.25) is 0 Å². The molecule has 2 aromatic carbocycles. The van der Waals surface area contributed by atoms with E-state index in [1.807, 2.05) is 43.3 Å². The summed E-state index contributed by atoms with van der Waals surface area (Å²) in [4.78, 5) is 0. The first-order valence-corrected chi connectivity index (χ1v) is 5.80. The highest BCUT2D eigenvalue weighted by molar-refractivity contribution is 5.70. The molecule has 0 saturated carbocycles. The Morgan fingerprint density at radius 1 is 1.00 bits per heavy atom. The number of rotatable bonds is 4. The minimum absolute atomic E-state index is 0.0406. The van der Waals surface area contributed by atoms with Crippen LogP contribution in [0.3, 0.4) is 0 Å². The smallest absolute Gasteiger partial charge is 0.127 e. The summed E-state index contributed by atoms with van der Waals surface area (Å²) in [6.45, 7) is 2.47. The lowest BCUT2D eigenvalue weighted by Crippen LogP contribution is -2.23. The summed E-state index contributed by atoms with van der Waals surface area (Å²) in [7, 11) is 0. The number of para-hydroxylation sites is 1. The van der Waals surface area contributed by atoms with Gasteiger partial charge in [0.05, 0.1) is 0 Å². The lowest BCUT2D eigenvalue weighted by atomic mass is 10.1. The van der Waals surface area contributed by atoms with E-state index in [1.165, 1.54) is 0 Å². The van der Waals surface area contributed by atoms with E-state index in [-0.39, 0.29) is 6.04 Å². The van der Waals surface area contributed by atoms with Gasteiger partial charge in [-0.05, 0) is 18.6 Å². The van der Waals surface area contributed by atoms with Gasteiger partial charge in [-0.2, -0.15) is 0 Å². The van der Waals surface area contributed by atoms with Crippen LogP contribution in [0.4, 0.5) is 0 Å². The molecular formula is C15H17NO. The summed E-state index contributed by atoms with van der Waals surface area (Å²) in [6, 6.07) is 18.3. The van der Waals surface area contributed by atoms with Crippen molar-refractivity contribution in [3.05, 3.63) is 54.6 Å². The van der Waals surface area contributed by atoms with E-state index in [9.17, 15) is 0 Å². The van der Waals surface area contributed by atoms with Gasteiger partial charge in [-0.3, -0.25) is 0 Å². The first kappa shape index (κ1) is 11.7. The molecule has 0 aliphatic rings. The second-order valence-electron chi connectivity index (χ2n) is 4.15. The van der Waals surface area contributed by atoms with Crippen LogP contribution in [0.2, 0.25) is 0 Å². The molecule has 0 fully saturated rings. The monoisotopic (exact) mass is 227 g/mol. The van der Waals surface area contributed by atoms with Crippen molar-refractivity contribution in [1.29, 1.82) is 0 Å². The lowest BCUT2D eigenvalue weighted by molar-refractivity contribution is 0.297. The average Bonchev–Trinajstić information content (AvgIpc) is 2.38. The summed E-state index contributed by atoms with van der Waals surface area (Å²) in [5, 5.41) is 0. The lowest BCUT2D eigenvalue weighted by Gasteiger charge is -2.13. The minimum atomic E-state index is 0.0406. The molecule has 0 heterocycles. The Morgan fingerprint density at radius 2 is 1.65 bits per heavy atom. The van der Waals surface area contributed by atoms with E-state index in [1.54, 1.807) is 0 Å². The molecule has 2 heteroatoms. The molecule has 2 nitrogen and oxygen atoms in total. The van der Waals surface area contributed by atoms with Crippen LogP contribution < -0.4 is 10.5 Å². The van der Waals surface area contributed by atoms with Crippen LogP contribution in [-0.2, 0) is 0 Å². The van der Waals surface area contributed by atoms with Crippen LogP contribution in [0.1, 0.15) is 6.92 Å². The maximum atomic E-state index is 5.73. The van der Waals surface area contributed by atoms with Gasteiger partial charge in [0.15, 0.2) is 0 Å². The van der Waals surface area contributed by atoms with Gasteiger partial charge in [0.25, 0.3) is 0 Å². The molecule has 0 aliphatic heterocycles. The van der Waals surface area contributed by atoms with Crippen LogP contribution >= 0.6 is 0 Å². The van der Waals surface area contributed by atoms with E-state index in [2.05, 4.69) is 18.2 Å². The summed E-state index contributed by atoms with van der Waals surface area (Å²) in [5.41, 5.74) is 7.97. The van der Waals surface area contributed by atoms with Crippen molar-refractivity contribution in [3.8, 4) is 16.9 Å². The largest absolute Gasteiger partial charge is 0.491 e. The van der Waals surface area contributed by atoms with Crippen LogP contribution in [0.5, 0.6) is 5.75 Å². The molecule has 0 saturated heterocycles. The van der Waals surface area contributed by atoms with E-state index in [4.69, 9.17) is 10.5 Å². The molecule has 17 heavy (non-hydrogen) atoms. The topological polar surface area (TPSA) is 35.2 Å². The Kier molecular flexibility index (Phi) is 3.78. The van der Waals surface area contributed by atoms with Crippen molar-refractivity contribution in [2.75, 3.05) is 6.61 Å². The number of benzene rings is 2. The van der Waals surface area contributed by atoms with Gasteiger partial charge in [-0.15, -0.1) is 0 Å². The zero-order valence-corrected chi connectivity index (χ0v) is 9.97. The minimum Gasteiger partial charge on any atom is -0.491 e. The van der Waals surface area contributed by atoms with E-state index < -0.39 is 0 Å². The first-order chi connectivity index (χ1) is 8.27. The molecule has 0 spiro atoms. The Bertz CT molecular complexity index is 465. The molecule has 1 unspecified atom stereocenters. The summed E-state index contributed by atoms with van der Waals surface area (Å²) in [5.74, 6) is 0.885. The van der Waals surface area contributed by atoms with Crippen molar-refractivity contribution < 1.29 is 4.74 Å². The van der Waals surface area contributed by atoms with Crippen molar-refractivity contribution in [2.24, 2.45) is 5.73 Å². The van der Waals surface area contributed by atoms with Crippen LogP contribution in [-0.4, -0.2) is 12.6 Å². The van der Waals surface area contributed by atoms with Gasteiger partial charge < -0.3 is 10.5 Å². The third kappa shape index (κ3) is 3.08. The quantitative estimate of drug-likeness (QED) is 0.871. The predicted molar refractivity (Wildman–Crippen MR) is 71.0 cm³/mol. The number of hydrogen-bond donors (Lipinski definition) is 1. The Hall–Kier alpha value is -1.80. The fourth-order valence-electron chi connectivity index (χ4n) is 1.67. The molecule has 2 aromatic rings. The number of hydrogen-bond acceptors (Lipinski definition) is 2. The van der Waals surface area contributed by atoms with Gasteiger partial charge in [-0.25, -0.2) is 0 Å². The van der Waals surface area contributed by atoms with Crippen LogP contribution in [0.25, 0.3) is 11.1 Å². The average molecular weight is 227 g/mol. The molecule has 0 aliphatic carbocycles. The van der Waals surface area contributed by atoms with Crippen molar-refractivity contribution in [3.63, 3.8) is 0 Å². The molecule has 0 amide bonds. The summed E-state index contributed by atoms with van der Waals surface area (Å²) < 4.78 is 5.73. The van der Waals surface area contributed by atoms with Gasteiger partial charge in [-0.1, -0.05) is 48.5 Å².